The highest BCUT2D eigenvalue weighted by molar-refractivity contribution is 5.99. The van der Waals surface area contributed by atoms with Crippen molar-refractivity contribution in [2.24, 2.45) is 0 Å². The minimum absolute atomic E-state index is 0.0467. The Morgan fingerprint density at radius 1 is 1.08 bits per heavy atom. The van der Waals surface area contributed by atoms with Crippen molar-refractivity contribution in [3.63, 3.8) is 0 Å². The summed E-state index contributed by atoms with van der Waals surface area (Å²) in [4.78, 5) is 24.3. The Morgan fingerprint density at radius 2 is 1.77 bits per heavy atom. The number of halogens is 1. The molecule has 0 saturated carbocycles. The molecule has 0 radical (unpaired) electrons. The Balaban J connectivity index is 1.62. The van der Waals surface area contributed by atoms with Crippen LogP contribution in [0.25, 0.3) is 11.0 Å². The lowest BCUT2D eigenvalue weighted by atomic mass is 10.1. The molecule has 0 aliphatic heterocycles. The number of hydrogen-bond donors (Lipinski definition) is 2. The molecule has 0 aliphatic carbocycles. The van der Waals surface area contributed by atoms with Gasteiger partial charge in [-0.2, -0.15) is 0 Å². The van der Waals surface area contributed by atoms with Crippen LogP contribution in [0.3, 0.4) is 0 Å². The molecule has 1 aromatic heterocycles. The predicted molar refractivity (Wildman–Crippen MR) is 93.0 cm³/mol. The zero-order chi connectivity index (χ0) is 18.7. The van der Waals surface area contributed by atoms with Crippen LogP contribution in [0, 0.1) is 12.7 Å². The maximum Gasteiger partial charge on any atom is 0.305 e. The number of rotatable bonds is 4. The number of fused-ring (bicyclic) bond motifs is 1. The minimum Gasteiger partial charge on any atom is -0.478 e. The average molecular weight is 356 g/mol. The highest BCUT2D eigenvalue weighted by Gasteiger charge is 2.20. The molecule has 26 heavy (non-hydrogen) atoms. The van der Waals surface area contributed by atoms with Crippen LogP contribution in [0.5, 0.6) is 5.75 Å². The van der Waals surface area contributed by atoms with Gasteiger partial charge in [0.05, 0.1) is 0 Å². The summed E-state index contributed by atoms with van der Waals surface area (Å²) < 4.78 is 24.3. The third kappa shape index (κ3) is 3.51. The normalized spacial score (nSPS) is 11.8. The van der Waals surface area contributed by atoms with Crippen molar-refractivity contribution in [1.29, 1.82) is 0 Å². The smallest absolute Gasteiger partial charge is 0.305 e. The number of carbonyl (C=O) groups is 2. The van der Waals surface area contributed by atoms with Gasteiger partial charge < -0.3 is 9.15 Å². The third-order valence-electron chi connectivity index (χ3n) is 3.86. The lowest BCUT2D eigenvalue weighted by Crippen LogP contribution is -2.47. The number of para-hydroxylation sites is 2. The number of nitrogens with one attached hydrogen (secondary N) is 2. The first-order valence-electron chi connectivity index (χ1n) is 7.97. The SMILES string of the molecule is Cc1c(C(=O)NNC(=O)[C@@H](C)Oc2ccccc2F)oc2ccccc12. The number of carbonyl (C=O) groups excluding carboxylic acids is 2. The molecule has 0 aliphatic rings. The molecule has 7 heteroatoms. The monoisotopic (exact) mass is 356 g/mol. The molecule has 2 aromatic carbocycles. The molecule has 3 aromatic rings. The molecule has 0 fully saturated rings. The van der Waals surface area contributed by atoms with Crippen molar-refractivity contribution in [1.82, 2.24) is 10.9 Å². The van der Waals surface area contributed by atoms with Crippen LogP contribution in [-0.4, -0.2) is 17.9 Å². The van der Waals surface area contributed by atoms with E-state index in [0.29, 0.717) is 11.1 Å². The van der Waals surface area contributed by atoms with E-state index in [1.165, 1.54) is 25.1 Å². The Morgan fingerprint density at radius 3 is 2.50 bits per heavy atom. The van der Waals surface area contributed by atoms with Gasteiger partial charge in [0.15, 0.2) is 23.4 Å². The van der Waals surface area contributed by atoms with Crippen molar-refractivity contribution in [2.45, 2.75) is 20.0 Å². The van der Waals surface area contributed by atoms with Gasteiger partial charge in [-0.1, -0.05) is 30.3 Å². The van der Waals surface area contributed by atoms with E-state index in [0.717, 1.165) is 5.39 Å². The number of hydrogen-bond acceptors (Lipinski definition) is 4. The molecule has 0 saturated heterocycles. The Kier molecular flexibility index (Phi) is 4.88. The molecule has 0 unspecified atom stereocenters. The first kappa shape index (κ1) is 17.5. The maximum absolute atomic E-state index is 13.6. The molecule has 3 rings (SSSR count). The highest BCUT2D eigenvalue weighted by atomic mass is 19.1. The summed E-state index contributed by atoms with van der Waals surface area (Å²) in [5, 5.41) is 0.820. The van der Waals surface area contributed by atoms with Crippen LogP contribution >= 0.6 is 0 Å². The van der Waals surface area contributed by atoms with Gasteiger partial charge in [-0.15, -0.1) is 0 Å². The quantitative estimate of drug-likeness (QED) is 0.704. The molecule has 1 heterocycles. The number of ether oxygens (including phenoxy) is 1. The molecule has 2 amide bonds. The van der Waals surface area contributed by atoms with Gasteiger partial charge in [0.1, 0.15) is 5.58 Å². The van der Waals surface area contributed by atoms with E-state index in [-0.39, 0.29) is 11.5 Å². The lowest BCUT2D eigenvalue weighted by molar-refractivity contribution is -0.128. The van der Waals surface area contributed by atoms with E-state index in [1.807, 2.05) is 12.1 Å². The van der Waals surface area contributed by atoms with E-state index in [1.54, 1.807) is 25.1 Å². The standard InChI is InChI=1S/C19H17FN2O4/c1-11-13-7-3-5-9-15(13)26-17(11)19(24)22-21-18(23)12(2)25-16-10-6-4-8-14(16)20/h3-10,12H,1-2H3,(H,21,23)(H,22,24)/t12-/m1/s1. The molecule has 6 nitrogen and oxygen atoms in total. The fraction of sp³-hybridized carbons (Fsp3) is 0.158. The molecular weight excluding hydrogens is 339 g/mol. The van der Waals surface area contributed by atoms with E-state index in [2.05, 4.69) is 10.9 Å². The zero-order valence-corrected chi connectivity index (χ0v) is 14.2. The van der Waals surface area contributed by atoms with Gasteiger partial charge >= 0.3 is 5.91 Å². The van der Waals surface area contributed by atoms with E-state index in [9.17, 15) is 14.0 Å². The largest absolute Gasteiger partial charge is 0.478 e. The Labute approximate surface area is 148 Å². The number of hydrazine groups is 1. The summed E-state index contributed by atoms with van der Waals surface area (Å²) in [6, 6.07) is 13.0. The molecule has 134 valence electrons. The molecule has 2 N–H and O–H groups in total. The Bertz CT molecular complexity index is 967. The van der Waals surface area contributed by atoms with Gasteiger partial charge in [-0.3, -0.25) is 20.4 Å². The fourth-order valence-corrected chi connectivity index (χ4v) is 2.45. The highest BCUT2D eigenvalue weighted by Crippen LogP contribution is 2.24. The number of aryl methyl sites for hydroxylation is 1. The van der Waals surface area contributed by atoms with Crippen LogP contribution in [-0.2, 0) is 4.79 Å². The van der Waals surface area contributed by atoms with Crippen LogP contribution in [0.4, 0.5) is 4.39 Å². The van der Waals surface area contributed by atoms with Crippen molar-refractivity contribution in [2.75, 3.05) is 0 Å². The first-order chi connectivity index (χ1) is 12.5. The van der Waals surface area contributed by atoms with Crippen LogP contribution in [0.2, 0.25) is 0 Å². The van der Waals surface area contributed by atoms with Gasteiger partial charge in [0.2, 0.25) is 0 Å². The first-order valence-corrected chi connectivity index (χ1v) is 7.97. The molecule has 0 bridgehead atoms. The summed E-state index contributed by atoms with van der Waals surface area (Å²) in [6.45, 7) is 3.20. The summed E-state index contributed by atoms with van der Waals surface area (Å²) in [7, 11) is 0. The summed E-state index contributed by atoms with van der Waals surface area (Å²) in [6.07, 6.45) is -1.01. The lowest BCUT2D eigenvalue weighted by Gasteiger charge is -2.15. The number of benzene rings is 2. The van der Waals surface area contributed by atoms with Crippen LogP contribution in [0.1, 0.15) is 23.0 Å². The summed E-state index contributed by atoms with van der Waals surface area (Å²) >= 11 is 0. The summed E-state index contributed by atoms with van der Waals surface area (Å²) in [5.41, 5.74) is 5.77. The van der Waals surface area contributed by atoms with Gasteiger partial charge in [0, 0.05) is 10.9 Å². The summed E-state index contributed by atoms with van der Waals surface area (Å²) in [5.74, 6) is -1.74. The van der Waals surface area contributed by atoms with Crippen molar-refractivity contribution < 1.29 is 23.1 Å². The number of amides is 2. The molecular formula is C19H17FN2O4. The molecule has 1 atom stereocenters. The average Bonchev–Trinajstić information content (AvgIpc) is 2.98. The second-order valence-electron chi connectivity index (χ2n) is 5.69. The van der Waals surface area contributed by atoms with Gasteiger partial charge in [-0.05, 0) is 32.0 Å². The van der Waals surface area contributed by atoms with Crippen molar-refractivity contribution in [3.05, 3.63) is 65.7 Å². The van der Waals surface area contributed by atoms with Crippen LogP contribution in [0.15, 0.2) is 52.9 Å². The molecule has 0 spiro atoms. The van der Waals surface area contributed by atoms with Crippen LogP contribution < -0.4 is 15.6 Å². The van der Waals surface area contributed by atoms with E-state index >= 15 is 0 Å². The van der Waals surface area contributed by atoms with Gasteiger partial charge in [0.25, 0.3) is 5.91 Å². The second kappa shape index (κ2) is 7.26. The van der Waals surface area contributed by atoms with Crippen molar-refractivity contribution in [3.8, 4) is 5.75 Å². The predicted octanol–water partition coefficient (Wildman–Crippen LogP) is 3.11. The fourth-order valence-electron chi connectivity index (χ4n) is 2.45. The van der Waals surface area contributed by atoms with Crippen molar-refractivity contribution >= 4 is 22.8 Å². The Hall–Kier alpha value is -3.35. The third-order valence-corrected chi connectivity index (χ3v) is 3.86. The maximum atomic E-state index is 13.6. The van der Waals surface area contributed by atoms with Gasteiger partial charge in [-0.25, -0.2) is 4.39 Å². The number of furan rings is 1. The zero-order valence-electron chi connectivity index (χ0n) is 14.2. The van der Waals surface area contributed by atoms with E-state index in [4.69, 9.17) is 9.15 Å². The minimum atomic E-state index is -1.01. The second-order valence-corrected chi connectivity index (χ2v) is 5.69. The van der Waals surface area contributed by atoms with E-state index < -0.39 is 23.7 Å². The topological polar surface area (TPSA) is 80.6 Å².